The molecule has 0 saturated carbocycles. The van der Waals surface area contributed by atoms with Gasteiger partial charge in [-0.1, -0.05) is 62.0 Å². The fraction of sp³-hybridized carbons (Fsp3) is 0.308. The van der Waals surface area contributed by atoms with Gasteiger partial charge >= 0.3 is 0 Å². The highest BCUT2D eigenvalue weighted by atomic mass is 13.8. The summed E-state index contributed by atoms with van der Waals surface area (Å²) < 4.78 is 0. The summed E-state index contributed by atoms with van der Waals surface area (Å²) in [5.41, 5.74) is 0. The summed E-state index contributed by atoms with van der Waals surface area (Å²) in [4.78, 5) is 0. The number of allylic oxidation sites excluding steroid dienone is 8. The second-order valence-corrected chi connectivity index (χ2v) is 2.72. The van der Waals surface area contributed by atoms with E-state index in [0.717, 1.165) is 12.8 Å². The zero-order chi connectivity index (χ0) is 9.78. The lowest BCUT2D eigenvalue weighted by Gasteiger charge is -1.84. The van der Waals surface area contributed by atoms with Gasteiger partial charge in [-0.15, -0.1) is 0 Å². The molecule has 1 radical (unpaired) electrons. The third kappa shape index (κ3) is 11.0. The quantitative estimate of drug-likeness (QED) is 0.418. The topological polar surface area (TPSA) is 0 Å². The first-order chi connectivity index (χ1) is 6.41. The van der Waals surface area contributed by atoms with Gasteiger partial charge in [0, 0.05) is 0 Å². The highest BCUT2D eigenvalue weighted by Gasteiger charge is 1.74. The van der Waals surface area contributed by atoms with Gasteiger partial charge in [0.2, 0.25) is 0 Å². The van der Waals surface area contributed by atoms with Crippen LogP contribution in [0.1, 0.15) is 26.2 Å². The molecule has 0 aliphatic heterocycles. The monoisotopic (exact) mass is 175 g/mol. The Kier molecular flexibility index (Phi) is 10.1. The summed E-state index contributed by atoms with van der Waals surface area (Å²) in [6.45, 7) is 5.79. The van der Waals surface area contributed by atoms with Crippen LogP contribution in [0.3, 0.4) is 0 Å². The summed E-state index contributed by atoms with van der Waals surface area (Å²) in [6, 6.07) is 0. The normalized spacial score (nSPS) is 13.1. The van der Waals surface area contributed by atoms with Crippen molar-refractivity contribution < 1.29 is 0 Å². The van der Waals surface area contributed by atoms with Crippen molar-refractivity contribution in [1.82, 2.24) is 0 Å². The maximum Gasteiger partial charge on any atom is -0.0348 e. The second kappa shape index (κ2) is 11.0. The van der Waals surface area contributed by atoms with Crippen LogP contribution in [0.2, 0.25) is 0 Å². The summed E-state index contributed by atoms with van der Waals surface area (Å²) in [5, 5.41) is 0. The van der Waals surface area contributed by atoms with Crippen LogP contribution in [0.15, 0.2) is 48.6 Å². The Labute approximate surface area is 82.4 Å². The van der Waals surface area contributed by atoms with Crippen LogP contribution in [0, 0.1) is 6.92 Å². The van der Waals surface area contributed by atoms with Gasteiger partial charge in [0.1, 0.15) is 0 Å². The Morgan fingerprint density at radius 2 is 1.54 bits per heavy atom. The molecule has 0 heterocycles. The van der Waals surface area contributed by atoms with E-state index in [1.807, 2.05) is 43.4 Å². The van der Waals surface area contributed by atoms with Crippen molar-refractivity contribution >= 4 is 0 Å². The van der Waals surface area contributed by atoms with Crippen molar-refractivity contribution in [3.05, 3.63) is 55.5 Å². The molecule has 0 amide bonds. The molecule has 0 atom stereocenters. The molecule has 0 aliphatic carbocycles. The van der Waals surface area contributed by atoms with Crippen LogP contribution in [-0.2, 0) is 0 Å². The largest absolute Gasteiger partial charge is 0.0877 e. The summed E-state index contributed by atoms with van der Waals surface area (Å²) in [5.74, 6) is 0. The first-order valence-electron chi connectivity index (χ1n) is 4.82. The molecule has 0 spiro atoms. The van der Waals surface area contributed by atoms with Crippen LogP contribution in [-0.4, -0.2) is 0 Å². The van der Waals surface area contributed by atoms with Gasteiger partial charge in [-0.25, -0.2) is 0 Å². The Morgan fingerprint density at radius 3 is 2.15 bits per heavy atom. The second-order valence-electron chi connectivity index (χ2n) is 2.72. The predicted octanol–water partition coefficient (Wildman–Crippen LogP) is 4.24. The smallest absolute Gasteiger partial charge is 0.0348 e. The third-order valence-electron chi connectivity index (χ3n) is 1.50. The minimum Gasteiger partial charge on any atom is -0.0877 e. The number of hydrogen-bond acceptors (Lipinski definition) is 0. The Morgan fingerprint density at radius 1 is 0.923 bits per heavy atom. The lowest BCUT2D eigenvalue weighted by atomic mass is 10.2. The van der Waals surface area contributed by atoms with Crippen LogP contribution in [0.4, 0.5) is 0 Å². The zero-order valence-corrected chi connectivity index (χ0v) is 8.45. The van der Waals surface area contributed by atoms with Crippen LogP contribution < -0.4 is 0 Å². The standard InChI is InChI=1S/C13H19/c1-3-5-7-9-11-13-12-10-8-6-4-2/h4,6,8-13H,1,3,5,7H2,2H3. The van der Waals surface area contributed by atoms with Crippen molar-refractivity contribution in [3.8, 4) is 0 Å². The van der Waals surface area contributed by atoms with E-state index in [2.05, 4.69) is 19.1 Å². The molecule has 0 aliphatic rings. The number of unbranched alkanes of at least 4 members (excludes halogenated alkanes) is 2. The van der Waals surface area contributed by atoms with E-state index in [1.54, 1.807) is 0 Å². The molecule has 71 valence electrons. The molecular formula is C13H19. The molecule has 0 bridgehead atoms. The lowest BCUT2D eigenvalue weighted by molar-refractivity contribution is 0.866. The van der Waals surface area contributed by atoms with Crippen molar-refractivity contribution in [3.63, 3.8) is 0 Å². The first-order valence-corrected chi connectivity index (χ1v) is 4.82. The zero-order valence-electron chi connectivity index (χ0n) is 8.45. The minimum atomic E-state index is 1.02. The molecule has 0 saturated heterocycles. The Balaban J connectivity index is 3.45. The molecule has 0 nitrogen and oxygen atoms in total. The summed E-state index contributed by atoms with van der Waals surface area (Å²) in [6.07, 6.45) is 19.7. The van der Waals surface area contributed by atoms with Gasteiger partial charge in [0.25, 0.3) is 0 Å². The van der Waals surface area contributed by atoms with Gasteiger partial charge in [-0.2, -0.15) is 0 Å². The fourth-order valence-electron chi connectivity index (χ4n) is 0.805. The molecule has 0 aromatic rings. The molecule has 0 rings (SSSR count). The van der Waals surface area contributed by atoms with E-state index in [0.29, 0.717) is 0 Å². The molecule has 0 unspecified atom stereocenters. The Hall–Kier alpha value is -1.04. The molecule has 0 aromatic carbocycles. The molecule has 0 N–H and O–H groups in total. The first kappa shape index (κ1) is 12.0. The lowest BCUT2D eigenvalue weighted by Crippen LogP contribution is -1.65. The van der Waals surface area contributed by atoms with Crippen LogP contribution in [0.5, 0.6) is 0 Å². The van der Waals surface area contributed by atoms with Gasteiger partial charge in [-0.05, 0) is 19.8 Å². The highest BCUT2D eigenvalue weighted by Crippen LogP contribution is 1.94. The van der Waals surface area contributed by atoms with E-state index in [1.165, 1.54) is 6.42 Å². The maximum absolute atomic E-state index is 3.78. The minimum absolute atomic E-state index is 1.02. The maximum atomic E-state index is 3.78. The third-order valence-corrected chi connectivity index (χ3v) is 1.50. The fourth-order valence-corrected chi connectivity index (χ4v) is 0.805. The van der Waals surface area contributed by atoms with Crippen LogP contribution >= 0.6 is 0 Å². The molecule has 13 heavy (non-hydrogen) atoms. The van der Waals surface area contributed by atoms with E-state index in [-0.39, 0.29) is 0 Å². The molecule has 0 aromatic heterocycles. The average Bonchev–Trinajstić information content (AvgIpc) is 2.16. The molecule has 0 fully saturated rings. The van der Waals surface area contributed by atoms with Crippen molar-refractivity contribution in [2.45, 2.75) is 26.2 Å². The highest BCUT2D eigenvalue weighted by molar-refractivity contribution is 5.14. The predicted molar refractivity (Wildman–Crippen MR) is 61.4 cm³/mol. The number of rotatable bonds is 6. The van der Waals surface area contributed by atoms with Gasteiger partial charge < -0.3 is 0 Å². The summed E-state index contributed by atoms with van der Waals surface area (Å²) >= 11 is 0. The van der Waals surface area contributed by atoms with E-state index in [4.69, 9.17) is 0 Å². The molecular weight excluding hydrogens is 156 g/mol. The summed E-state index contributed by atoms with van der Waals surface area (Å²) in [7, 11) is 0. The number of hydrogen-bond donors (Lipinski definition) is 0. The molecule has 0 heteroatoms. The van der Waals surface area contributed by atoms with E-state index in [9.17, 15) is 0 Å². The van der Waals surface area contributed by atoms with E-state index >= 15 is 0 Å². The van der Waals surface area contributed by atoms with Gasteiger partial charge in [0.05, 0.1) is 0 Å². The van der Waals surface area contributed by atoms with Crippen molar-refractivity contribution in [2.75, 3.05) is 0 Å². The van der Waals surface area contributed by atoms with Crippen molar-refractivity contribution in [1.29, 1.82) is 0 Å². The Bertz CT molecular complexity index is 192. The van der Waals surface area contributed by atoms with Gasteiger partial charge in [0.15, 0.2) is 0 Å². The van der Waals surface area contributed by atoms with Crippen molar-refractivity contribution in [2.24, 2.45) is 0 Å². The van der Waals surface area contributed by atoms with Crippen LogP contribution in [0.25, 0.3) is 0 Å². The van der Waals surface area contributed by atoms with Gasteiger partial charge in [-0.3, -0.25) is 0 Å². The SMILES string of the molecule is [CH2]CCCC=CC=CC=CC=CC. The average molecular weight is 175 g/mol. The van der Waals surface area contributed by atoms with E-state index < -0.39 is 0 Å².